The van der Waals surface area contributed by atoms with Crippen LogP contribution in [0.2, 0.25) is 0 Å². The molecular formula is C28H47N3O5S. The van der Waals surface area contributed by atoms with Crippen molar-refractivity contribution in [1.29, 1.82) is 0 Å². The molecule has 0 radical (unpaired) electrons. The van der Waals surface area contributed by atoms with Crippen molar-refractivity contribution in [3.8, 4) is 0 Å². The standard InChI is InChI=1S/C28H47N3O5S/c1-5-6-7-8-9-10-11-12-13-14-15-16-17-26(27-25(30-31-29)22-34-28(3,4)35-27)36-37(32,33)24-20-18-23(2)19-21-24/h18-21,25-27H,5-17,22H2,1-4H3/t25-,26+,27-/m0/s1. The van der Waals surface area contributed by atoms with Gasteiger partial charge in [0.2, 0.25) is 0 Å². The Morgan fingerprint density at radius 2 is 1.54 bits per heavy atom. The molecule has 0 bridgehead atoms. The van der Waals surface area contributed by atoms with Gasteiger partial charge in [0.15, 0.2) is 5.79 Å². The van der Waals surface area contributed by atoms with E-state index in [0.717, 1.165) is 24.8 Å². The van der Waals surface area contributed by atoms with Crippen LogP contribution in [0.25, 0.3) is 10.4 Å². The first-order valence-electron chi connectivity index (χ1n) is 14.0. The second kappa shape index (κ2) is 16.4. The van der Waals surface area contributed by atoms with Crippen LogP contribution >= 0.6 is 0 Å². The van der Waals surface area contributed by atoms with Crippen LogP contribution in [-0.2, 0) is 23.8 Å². The van der Waals surface area contributed by atoms with Crippen LogP contribution in [0.3, 0.4) is 0 Å². The molecule has 37 heavy (non-hydrogen) atoms. The Kier molecular flexibility index (Phi) is 14.0. The third kappa shape index (κ3) is 11.7. The van der Waals surface area contributed by atoms with Gasteiger partial charge in [-0.1, -0.05) is 107 Å². The lowest BCUT2D eigenvalue weighted by molar-refractivity contribution is -0.292. The monoisotopic (exact) mass is 537 g/mol. The van der Waals surface area contributed by atoms with Crippen molar-refractivity contribution >= 4 is 10.1 Å². The average molecular weight is 538 g/mol. The number of hydrogen-bond acceptors (Lipinski definition) is 6. The van der Waals surface area contributed by atoms with E-state index in [2.05, 4.69) is 16.9 Å². The lowest BCUT2D eigenvalue weighted by Crippen LogP contribution is -2.53. The zero-order chi connectivity index (χ0) is 27.2. The maximum absolute atomic E-state index is 13.1. The Morgan fingerprint density at radius 1 is 1.00 bits per heavy atom. The van der Waals surface area contributed by atoms with Crippen LogP contribution in [0.15, 0.2) is 34.3 Å². The summed E-state index contributed by atoms with van der Waals surface area (Å²) < 4.78 is 43.8. The van der Waals surface area contributed by atoms with Crippen molar-refractivity contribution in [2.45, 2.75) is 140 Å². The second-order valence-electron chi connectivity index (χ2n) is 10.6. The van der Waals surface area contributed by atoms with Crippen LogP contribution in [0.5, 0.6) is 0 Å². The normalized spacial score (nSPS) is 20.3. The first kappa shape index (κ1) is 31.6. The highest BCUT2D eigenvalue weighted by molar-refractivity contribution is 7.86. The highest BCUT2D eigenvalue weighted by Gasteiger charge is 2.42. The molecule has 3 atom stereocenters. The van der Waals surface area contributed by atoms with Crippen LogP contribution in [0.1, 0.15) is 110 Å². The summed E-state index contributed by atoms with van der Waals surface area (Å²) in [7, 11) is -4.02. The Morgan fingerprint density at radius 3 is 2.08 bits per heavy atom. The molecule has 0 saturated carbocycles. The fourth-order valence-electron chi connectivity index (χ4n) is 4.69. The predicted molar refractivity (Wildman–Crippen MR) is 147 cm³/mol. The van der Waals surface area contributed by atoms with Gasteiger partial charge in [0.05, 0.1) is 23.6 Å². The highest BCUT2D eigenvalue weighted by Crippen LogP contribution is 2.31. The lowest BCUT2D eigenvalue weighted by atomic mass is 9.98. The topological polar surface area (TPSA) is 111 Å². The molecule has 1 saturated heterocycles. The van der Waals surface area contributed by atoms with E-state index in [4.69, 9.17) is 19.2 Å². The molecule has 1 aliphatic rings. The van der Waals surface area contributed by atoms with E-state index in [-0.39, 0.29) is 11.5 Å². The summed E-state index contributed by atoms with van der Waals surface area (Å²) in [4.78, 5) is 3.03. The smallest absolute Gasteiger partial charge is 0.297 e. The first-order chi connectivity index (χ1) is 17.7. The second-order valence-corrected chi connectivity index (χ2v) is 12.2. The number of hydrogen-bond donors (Lipinski definition) is 0. The van der Waals surface area contributed by atoms with E-state index in [0.29, 0.717) is 6.42 Å². The van der Waals surface area contributed by atoms with Crippen molar-refractivity contribution in [2.24, 2.45) is 5.11 Å². The Bertz CT molecular complexity index is 930. The maximum Gasteiger partial charge on any atom is 0.297 e. The van der Waals surface area contributed by atoms with Gasteiger partial charge in [-0.25, -0.2) is 0 Å². The summed E-state index contributed by atoms with van der Waals surface area (Å²) in [5.74, 6) is -0.933. The number of unbranched alkanes of at least 4 members (excludes halogenated alkanes) is 11. The lowest BCUT2D eigenvalue weighted by Gasteiger charge is -2.42. The molecule has 1 aromatic carbocycles. The van der Waals surface area contributed by atoms with Crippen molar-refractivity contribution in [3.05, 3.63) is 40.3 Å². The van der Waals surface area contributed by atoms with Crippen molar-refractivity contribution < 1.29 is 22.1 Å². The van der Waals surface area contributed by atoms with Crippen molar-refractivity contribution in [2.75, 3.05) is 6.61 Å². The molecule has 1 aliphatic heterocycles. The van der Waals surface area contributed by atoms with E-state index in [1.54, 1.807) is 38.1 Å². The minimum atomic E-state index is -4.02. The van der Waals surface area contributed by atoms with Gasteiger partial charge < -0.3 is 9.47 Å². The molecule has 2 rings (SSSR count). The molecule has 9 heteroatoms. The SMILES string of the molecule is CCCCCCCCCCCCCC[C@@H](OS(=O)(=O)c1ccc(C)cc1)[C@H]1OC(C)(C)OC[C@@H]1N=[N+]=[N-]. The summed E-state index contributed by atoms with van der Waals surface area (Å²) in [6.45, 7) is 7.82. The molecule has 210 valence electrons. The molecule has 8 nitrogen and oxygen atoms in total. The number of azide groups is 1. The van der Waals surface area contributed by atoms with Crippen molar-refractivity contribution in [3.63, 3.8) is 0 Å². The first-order valence-corrected chi connectivity index (χ1v) is 15.5. The van der Waals surface area contributed by atoms with Gasteiger partial charge in [-0.2, -0.15) is 8.42 Å². The molecule has 0 N–H and O–H groups in total. The Balaban J connectivity index is 1.94. The fraction of sp³-hybridized carbons (Fsp3) is 0.786. The van der Waals surface area contributed by atoms with E-state index in [1.165, 1.54) is 57.8 Å². The highest BCUT2D eigenvalue weighted by atomic mass is 32.2. The summed E-state index contributed by atoms with van der Waals surface area (Å²) in [5.41, 5.74) is 10.0. The summed E-state index contributed by atoms with van der Waals surface area (Å²) >= 11 is 0. The maximum atomic E-state index is 13.1. The van der Waals surface area contributed by atoms with Gasteiger partial charge in [0.1, 0.15) is 6.10 Å². The van der Waals surface area contributed by atoms with E-state index >= 15 is 0 Å². The molecule has 0 spiro atoms. The molecule has 1 heterocycles. The van der Waals surface area contributed by atoms with Gasteiger partial charge in [-0.15, -0.1) is 0 Å². The van der Waals surface area contributed by atoms with Crippen LogP contribution in [-0.4, -0.2) is 39.1 Å². The number of ether oxygens (including phenoxy) is 2. The number of benzene rings is 1. The average Bonchev–Trinajstić information content (AvgIpc) is 2.85. The van der Waals surface area contributed by atoms with Crippen molar-refractivity contribution in [1.82, 2.24) is 0 Å². The minimum absolute atomic E-state index is 0.101. The van der Waals surface area contributed by atoms with Gasteiger partial charge in [0.25, 0.3) is 10.1 Å². The van der Waals surface area contributed by atoms with Crippen LogP contribution in [0.4, 0.5) is 0 Å². The van der Waals surface area contributed by atoms with Gasteiger partial charge in [0, 0.05) is 4.91 Å². The fourth-order valence-corrected chi connectivity index (χ4v) is 5.80. The zero-order valence-electron chi connectivity index (χ0n) is 23.2. The molecular weight excluding hydrogens is 490 g/mol. The third-order valence-electron chi connectivity index (χ3n) is 6.87. The zero-order valence-corrected chi connectivity index (χ0v) is 24.0. The van der Waals surface area contributed by atoms with E-state index in [9.17, 15) is 8.42 Å². The summed E-state index contributed by atoms with van der Waals surface area (Å²) in [5, 5.41) is 3.83. The number of aryl methyl sites for hydroxylation is 1. The summed E-state index contributed by atoms with van der Waals surface area (Å²) in [6.07, 6.45) is 13.6. The van der Waals surface area contributed by atoms with Crippen LogP contribution in [0, 0.1) is 6.92 Å². The summed E-state index contributed by atoms with van der Waals surface area (Å²) in [6, 6.07) is 5.91. The molecule has 0 amide bonds. The molecule has 1 aromatic rings. The van der Waals surface area contributed by atoms with Crippen LogP contribution < -0.4 is 0 Å². The van der Waals surface area contributed by atoms with Gasteiger partial charge in [-0.3, -0.25) is 4.18 Å². The Labute approximate surface area is 224 Å². The number of rotatable bonds is 18. The Hall–Kier alpha value is -1.64. The predicted octanol–water partition coefficient (Wildman–Crippen LogP) is 7.99. The van der Waals surface area contributed by atoms with E-state index < -0.39 is 34.2 Å². The number of nitrogens with zero attached hydrogens (tertiary/aromatic N) is 3. The quantitative estimate of drug-likeness (QED) is 0.0619. The van der Waals surface area contributed by atoms with Gasteiger partial charge in [-0.05, 0) is 44.9 Å². The molecule has 0 unspecified atom stereocenters. The van der Waals surface area contributed by atoms with E-state index in [1.807, 2.05) is 6.92 Å². The third-order valence-corrected chi connectivity index (χ3v) is 8.22. The molecule has 1 fully saturated rings. The van der Waals surface area contributed by atoms with Gasteiger partial charge >= 0.3 is 0 Å². The minimum Gasteiger partial charge on any atom is -0.350 e. The molecule has 0 aliphatic carbocycles. The molecule has 0 aromatic heterocycles. The largest absolute Gasteiger partial charge is 0.350 e.